The molecule has 1 saturated heterocycles. The summed E-state index contributed by atoms with van der Waals surface area (Å²) in [7, 11) is 0. The lowest BCUT2D eigenvalue weighted by Gasteiger charge is -2.44. The van der Waals surface area contributed by atoms with E-state index in [0.717, 1.165) is 29.7 Å². The van der Waals surface area contributed by atoms with Crippen molar-refractivity contribution < 1.29 is 14.3 Å². The van der Waals surface area contributed by atoms with Gasteiger partial charge in [-0.1, -0.05) is 19.9 Å². The second kappa shape index (κ2) is 5.66. The van der Waals surface area contributed by atoms with Crippen molar-refractivity contribution in [2.24, 2.45) is 5.92 Å². The molecule has 0 bridgehead atoms. The first-order valence-corrected chi connectivity index (χ1v) is 8.43. The highest BCUT2D eigenvalue weighted by atomic mass is 16.5. The van der Waals surface area contributed by atoms with E-state index in [0.29, 0.717) is 25.1 Å². The first-order valence-electron chi connectivity index (χ1n) is 8.43. The zero-order valence-corrected chi connectivity index (χ0v) is 14.4. The van der Waals surface area contributed by atoms with Gasteiger partial charge in [0, 0.05) is 31.8 Å². The lowest BCUT2D eigenvalue weighted by molar-refractivity contribution is -0.138. The molecule has 1 aromatic carbocycles. The number of Topliss-reactive ketones (excluding diaryl/α,β-unsaturated/α-hetero) is 1. The molecule has 0 N–H and O–H groups in total. The quantitative estimate of drug-likeness (QED) is 0.799. The number of benzene rings is 1. The maximum Gasteiger partial charge on any atom is 0.225 e. The van der Waals surface area contributed by atoms with Crippen molar-refractivity contribution in [1.29, 1.82) is 0 Å². The number of hydrogen-bond donors (Lipinski definition) is 0. The minimum atomic E-state index is -0.433. The zero-order chi connectivity index (χ0) is 16.8. The first kappa shape index (κ1) is 16.0. The van der Waals surface area contributed by atoms with Gasteiger partial charge in [-0.2, -0.15) is 0 Å². The smallest absolute Gasteiger partial charge is 0.225 e. The molecule has 124 valence electrons. The molecule has 1 fully saturated rings. The molecule has 0 radical (unpaired) electrons. The third kappa shape index (κ3) is 2.87. The van der Waals surface area contributed by atoms with Gasteiger partial charge >= 0.3 is 0 Å². The fraction of sp³-hybridized carbons (Fsp3) is 0.579. The molecule has 2 aliphatic rings. The van der Waals surface area contributed by atoms with E-state index in [9.17, 15) is 9.59 Å². The number of fused-ring (bicyclic) bond motifs is 1. The van der Waals surface area contributed by atoms with Gasteiger partial charge in [-0.3, -0.25) is 9.59 Å². The molecule has 1 aromatic rings. The van der Waals surface area contributed by atoms with Gasteiger partial charge in [0.25, 0.3) is 0 Å². The third-order valence-corrected chi connectivity index (χ3v) is 5.00. The number of likely N-dealkylation sites (tertiary alicyclic amines) is 1. The van der Waals surface area contributed by atoms with Crippen molar-refractivity contribution in [2.75, 3.05) is 13.1 Å². The summed E-state index contributed by atoms with van der Waals surface area (Å²) in [6.45, 7) is 9.19. The van der Waals surface area contributed by atoms with Crippen LogP contribution in [0.2, 0.25) is 0 Å². The third-order valence-electron chi connectivity index (χ3n) is 5.00. The monoisotopic (exact) mass is 315 g/mol. The van der Waals surface area contributed by atoms with Crippen molar-refractivity contribution in [1.82, 2.24) is 4.90 Å². The van der Waals surface area contributed by atoms with Crippen LogP contribution in [0.25, 0.3) is 0 Å². The summed E-state index contributed by atoms with van der Waals surface area (Å²) >= 11 is 0. The van der Waals surface area contributed by atoms with E-state index in [2.05, 4.69) is 6.07 Å². The molecule has 0 saturated carbocycles. The van der Waals surface area contributed by atoms with Gasteiger partial charge in [0.05, 0.1) is 12.0 Å². The molecule has 0 aliphatic carbocycles. The highest BCUT2D eigenvalue weighted by Crippen LogP contribution is 2.41. The fourth-order valence-electron chi connectivity index (χ4n) is 3.72. The molecule has 0 atom stereocenters. The molecule has 4 nitrogen and oxygen atoms in total. The van der Waals surface area contributed by atoms with Crippen molar-refractivity contribution in [3.05, 3.63) is 28.8 Å². The summed E-state index contributed by atoms with van der Waals surface area (Å²) in [6, 6.07) is 3.98. The van der Waals surface area contributed by atoms with Crippen LogP contribution >= 0.6 is 0 Å². The number of ketones is 1. The highest BCUT2D eigenvalue weighted by Gasteiger charge is 2.44. The number of nitrogens with zero attached hydrogens (tertiary/aromatic N) is 1. The van der Waals surface area contributed by atoms with Crippen LogP contribution in [0.1, 0.15) is 54.6 Å². The molecular weight excluding hydrogens is 290 g/mol. The SMILES string of the molecule is Cc1cc(C)c2c(c1)C(=O)CC1(CCN(C(=O)C(C)C)CC1)O2. The molecule has 2 aliphatic heterocycles. The molecule has 2 heterocycles. The number of aryl methyl sites for hydroxylation is 2. The standard InChI is InChI=1S/C19H25NO3/c1-12(2)18(22)20-7-5-19(6-8-20)11-16(21)15-10-13(3)9-14(4)17(15)23-19/h9-10,12H,5-8,11H2,1-4H3. The number of ether oxygens (including phenoxy) is 1. The Morgan fingerprint density at radius 1 is 1.22 bits per heavy atom. The van der Waals surface area contributed by atoms with Gasteiger partial charge < -0.3 is 9.64 Å². The first-order chi connectivity index (χ1) is 10.8. The Kier molecular flexibility index (Phi) is 3.95. The summed E-state index contributed by atoms with van der Waals surface area (Å²) < 4.78 is 6.35. The average Bonchev–Trinajstić information content (AvgIpc) is 2.49. The van der Waals surface area contributed by atoms with Gasteiger partial charge in [-0.25, -0.2) is 0 Å². The number of rotatable bonds is 1. The number of amides is 1. The Bertz CT molecular complexity index is 655. The number of hydrogen-bond acceptors (Lipinski definition) is 3. The van der Waals surface area contributed by atoms with Gasteiger partial charge in [0.1, 0.15) is 11.4 Å². The van der Waals surface area contributed by atoms with Crippen LogP contribution in [-0.4, -0.2) is 35.3 Å². The van der Waals surface area contributed by atoms with Crippen LogP contribution in [0.15, 0.2) is 12.1 Å². The molecular formula is C19H25NO3. The van der Waals surface area contributed by atoms with Gasteiger partial charge in [0.2, 0.25) is 5.91 Å². The molecule has 0 unspecified atom stereocenters. The number of carbonyl (C=O) groups excluding carboxylic acids is 2. The van der Waals surface area contributed by atoms with Crippen molar-refractivity contribution in [3.63, 3.8) is 0 Å². The Balaban J connectivity index is 1.81. The molecule has 3 rings (SSSR count). The predicted octanol–water partition coefficient (Wildman–Crippen LogP) is 3.29. The van der Waals surface area contributed by atoms with E-state index in [1.165, 1.54) is 0 Å². The normalized spacial score (nSPS) is 19.7. The van der Waals surface area contributed by atoms with Crippen molar-refractivity contribution in [3.8, 4) is 5.75 Å². The minimum absolute atomic E-state index is 0.0175. The maximum absolute atomic E-state index is 12.6. The summed E-state index contributed by atoms with van der Waals surface area (Å²) in [5.74, 6) is 1.12. The maximum atomic E-state index is 12.6. The zero-order valence-electron chi connectivity index (χ0n) is 14.4. The Hall–Kier alpha value is -1.84. The van der Waals surface area contributed by atoms with E-state index in [-0.39, 0.29) is 17.6 Å². The molecule has 4 heteroatoms. The Morgan fingerprint density at radius 3 is 2.48 bits per heavy atom. The second-order valence-electron chi connectivity index (χ2n) is 7.32. The van der Waals surface area contributed by atoms with Crippen LogP contribution in [0.4, 0.5) is 0 Å². The molecule has 1 amide bonds. The summed E-state index contributed by atoms with van der Waals surface area (Å²) in [5, 5.41) is 0. The number of piperidine rings is 1. The lowest BCUT2D eigenvalue weighted by atomic mass is 9.81. The molecule has 23 heavy (non-hydrogen) atoms. The van der Waals surface area contributed by atoms with E-state index in [4.69, 9.17) is 4.74 Å². The average molecular weight is 315 g/mol. The predicted molar refractivity (Wildman–Crippen MR) is 88.9 cm³/mol. The summed E-state index contributed by atoms with van der Waals surface area (Å²) in [4.78, 5) is 26.7. The largest absolute Gasteiger partial charge is 0.486 e. The molecule has 1 spiro atoms. The number of carbonyl (C=O) groups is 2. The fourth-order valence-corrected chi connectivity index (χ4v) is 3.72. The van der Waals surface area contributed by atoms with Gasteiger partial charge in [-0.05, 0) is 31.0 Å². The van der Waals surface area contributed by atoms with Gasteiger partial charge in [0.15, 0.2) is 5.78 Å². The summed E-state index contributed by atoms with van der Waals surface area (Å²) in [5.41, 5.74) is 2.39. The van der Waals surface area contributed by atoms with Gasteiger partial charge in [-0.15, -0.1) is 0 Å². The van der Waals surface area contributed by atoms with Crippen LogP contribution in [-0.2, 0) is 4.79 Å². The van der Waals surface area contributed by atoms with Crippen LogP contribution in [0.3, 0.4) is 0 Å². The lowest BCUT2D eigenvalue weighted by Crippen LogP contribution is -2.53. The van der Waals surface area contributed by atoms with E-state index >= 15 is 0 Å². The van der Waals surface area contributed by atoms with Crippen LogP contribution in [0.5, 0.6) is 5.75 Å². The highest BCUT2D eigenvalue weighted by molar-refractivity contribution is 6.01. The van der Waals surface area contributed by atoms with E-state index in [1.807, 2.05) is 38.7 Å². The summed E-state index contributed by atoms with van der Waals surface area (Å²) in [6.07, 6.45) is 1.88. The Labute approximate surface area is 137 Å². The minimum Gasteiger partial charge on any atom is -0.486 e. The van der Waals surface area contributed by atoms with E-state index < -0.39 is 5.60 Å². The van der Waals surface area contributed by atoms with Crippen molar-refractivity contribution >= 4 is 11.7 Å². The van der Waals surface area contributed by atoms with Crippen molar-refractivity contribution in [2.45, 2.75) is 52.6 Å². The molecule has 0 aromatic heterocycles. The van der Waals surface area contributed by atoms with Crippen LogP contribution in [0, 0.1) is 19.8 Å². The topological polar surface area (TPSA) is 46.6 Å². The van der Waals surface area contributed by atoms with E-state index in [1.54, 1.807) is 0 Å². The second-order valence-corrected chi connectivity index (χ2v) is 7.32. The Morgan fingerprint density at radius 2 is 1.87 bits per heavy atom. The van der Waals surface area contributed by atoms with Crippen LogP contribution < -0.4 is 4.74 Å².